The van der Waals surface area contributed by atoms with Crippen molar-refractivity contribution in [2.75, 3.05) is 18.6 Å². The van der Waals surface area contributed by atoms with E-state index in [0.717, 1.165) is 5.39 Å². The summed E-state index contributed by atoms with van der Waals surface area (Å²) in [6, 6.07) is 15.0. The van der Waals surface area contributed by atoms with Crippen LogP contribution in [0, 0.1) is 11.2 Å². The number of benzene rings is 2. The minimum Gasteiger partial charge on any atom is -0.500 e. The van der Waals surface area contributed by atoms with Gasteiger partial charge in [0.25, 0.3) is 0 Å². The van der Waals surface area contributed by atoms with Gasteiger partial charge in [-0.2, -0.15) is 0 Å². The van der Waals surface area contributed by atoms with Gasteiger partial charge in [0.2, 0.25) is 5.91 Å². The highest BCUT2D eigenvalue weighted by molar-refractivity contribution is 5.97. The van der Waals surface area contributed by atoms with Crippen LogP contribution in [-0.2, 0) is 25.7 Å². The molecule has 0 unspecified atom stereocenters. The monoisotopic (exact) mass is 572 g/mol. The third-order valence-corrected chi connectivity index (χ3v) is 7.73. The van der Waals surface area contributed by atoms with E-state index < -0.39 is 11.4 Å². The zero-order valence-corrected chi connectivity index (χ0v) is 23.9. The molecule has 8 nitrogen and oxygen atoms in total. The molecule has 0 aliphatic heterocycles. The molecular weight excluding hydrogens is 539 g/mol. The molecule has 218 valence electrons. The van der Waals surface area contributed by atoms with Crippen LogP contribution in [0.1, 0.15) is 45.2 Å². The van der Waals surface area contributed by atoms with Crippen LogP contribution in [0.3, 0.4) is 0 Å². The van der Waals surface area contributed by atoms with Crippen molar-refractivity contribution < 1.29 is 33.4 Å². The summed E-state index contributed by atoms with van der Waals surface area (Å²) < 4.78 is 25.2. The molecule has 42 heavy (non-hydrogen) atoms. The molecule has 1 aliphatic rings. The number of hydrogen-bond donors (Lipinski definition) is 1. The fourth-order valence-corrected chi connectivity index (χ4v) is 4.92. The number of halogens is 1. The number of fused-ring (bicyclic) bond motifs is 1. The molecule has 0 fully saturated rings. The molecule has 0 saturated carbocycles. The summed E-state index contributed by atoms with van der Waals surface area (Å²) in [6.45, 7) is 3.73. The Morgan fingerprint density at radius 3 is 2.55 bits per heavy atom. The van der Waals surface area contributed by atoms with Gasteiger partial charge in [-0.25, -0.2) is 14.2 Å². The van der Waals surface area contributed by atoms with Gasteiger partial charge in [0.05, 0.1) is 30.3 Å². The third kappa shape index (κ3) is 6.75. The Morgan fingerprint density at radius 1 is 1.10 bits per heavy atom. The summed E-state index contributed by atoms with van der Waals surface area (Å²) in [7, 11) is 1.50. The molecular formula is C33H33FN2O6. The van der Waals surface area contributed by atoms with Crippen LogP contribution in [-0.4, -0.2) is 41.6 Å². The van der Waals surface area contributed by atoms with Gasteiger partial charge >= 0.3 is 5.97 Å². The lowest BCUT2D eigenvalue weighted by atomic mass is 9.79. The van der Waals surface area contributed by atoms with Gasteiger partial charge in [0, 0.05) is 47.2 Å². The predicted molar refractivity (Wildman–Crippen MR) is 157 cm³/mol. The Bertz CT molecular complexity index is 1600. The number of aliphatic carboxylic acids is 1. The zero-order chi connectivity index (χ0) is 30.3. The van der Waals surface area contributed by atoms with E-state index in [0.29, 0.717) is 52.4 Å². The molecule has 0 saturated heterocycles. The molecule has 3 aromatic rings. The molecule has 0 bridgehead atoms. The maximum atomic E-state index is 13.8. The molecule has 1 N–H and O–H groups in total. The Morgan fingerprint density at radius 2 is 1.86 bits per heavy atom. The third-order valence-electron chi connectivity index (χ3n) is 7.73. The lowest BCUT2D eigenvalue weighted by Crippen LogP contribution is -2.40. The van der Waals surface area contributed by atoms with Crippen molar-refractivity contribution in [3.05, 3.63) is 95.2 Å². The molecule has 2 aromatic carbocycles. The number of hydrogen-bond acceptors (Lipinski definition) is 6. The average molecular weight is 573 g/mol. The average Bonchev–Trinajstić information content (AvgIpc) is 3.01. The number of ether oxygens (including phenoxy) is 2. The summed E-state index contributed by atoms with van der Waals surface area (Å²) in [5.41, 5.74) is 1.52. The van der Waals surface area contributed by atoms with Gasteiger partial charge in [-0.15, -0.1) is 0 Å². The number of rotatable bonds is 12. The van der Waals surface area contributed by atoms with Crippen LogP contribution in [0.15, 0.2) is 83.7 Å². The van der Waals surface area contributed by atoms with E-state index >= 15 is 0 Å². The van der Waals surface area contributed by atoms with E-state index in [1.54, 1.807) is 62.4 Å². The van der Waals surface area contributed by atoms with Gasteiger partial charge in [-0.05, 0) is 49.2 Å². The van der Waals surface area contributed by atoms with E-state index in [2.05, 4.69) is 4.98 Å². The highest BCUT2D eigenvalue weighted by atomic mass is 19.1. The molecule has 1 heterocycles. The summed E-state index contributed by atoms with van der Waals surface area (Å²) in [5, 5.41) is 10.8. The zero-order valence-electron chi connectivity index (χ0n) is 23.9. The number of carbonyl (C=O) groups excluding carboxylic acids is 2. The number of aromatic nitrogens is 1. The van der Waals surface area contributed by atoms with Gasteiger partial charge < -0.3 is 19.5 Å². The molecule has 1 aliphatic carbocycles. The SMILES string of the molecule is CCC(CC)(CC(=O)N(CC1=C(OC)CC(=C=O)C=C1)c1cccc(OCc2ccc3ccc(F)cc3n2)c1)C(=O)O. The second kappa shape index (κ2) is 13.3. The smallest absolute Gasteiger partial charge is 0.310 e. The van der Waals surface area contributed by atoms with Gasteiger partial charge in [0.1, 0.15) is 29.9 Å². The van der Waals surface area contributed by atoms with Crippen molar-refractivity contribution in [3.63, 3.8) is 0 Å². The maximum Gasteiger partial charge on any atom is 0.310 e. The Balaban J connectivity index is 1.64. The summed E-state index contributed by atoms with van der Waals surface area (Å²) in [5.74, 6) is 1.11. The van der Waals surface area contributed by atoms with Crippen LogP contribution < -0.4 is 9.64 Å². The standard InChI is InChI=1S/C33H33FN2O6/c1-4-33(5-2,32(39)40)18-31(38)36(19-24-10-9-22(20-37)15-30(24)41-3)27-7-6-8-28(17-27)42-21-26-14-12-23-11-13-25(34)16-29(23)35-26/h6-14,16-17H,4-5,15,18-19,21H2,1-3H3,(H,39,40). The van der Waals surface area contributed by atoms with Crippen LogP contribution in [0.2, 0.25) is 0 Å². The molecule has 9 heteroatoms. The second-order valence-electron chi connectivity index (χ2n) is 10.2. The molecule has 0 radical (unpaired) electrons. The molecule has 1 aromatic heterocycles. The minimum absolute atomic E-state index is 0.0923. The van der Waals surface area contributed by atoms with Crippen molar-refractivity contribution in [1.82, 2.24) is 4.98 Å². The summed E-state index contributed by atoms with van der Waals surface area (Å²) >= 11 is 0. The number of pyridine rings is 1. The Kier molecular flexibility index (Phi) is 9.55. The van der Waals surface area contributed by atoms with Crippen LogP contribution in [0.4, 0.5) is 10.1 Å². The molecule has 0 atom stereocenters. The fraction of sp³-hybridized carbons (Fsp3) is 0.303. The van der Waals surface area contributed by atoms with E-state index in [9.17, 15) is 23.9 Å². The van der Waals surface area contributed by atoms with E-state index in [1.165, 1.54) is 24.1 Å². The molecule has 0 spiro atoms. The van der Waals surface area contributed by atoms with Gasteiger partial charge in [-0.3, -0.25) is 9.59 Å². The first-order valence-corrected chi connectivity index (χ1v) is 13.7. The number of allylic oxidation sites excluding steroid dienone is 2. The van der Waals surface area contributed by atoms with Gasteiger partial charge in [-0.1, -0.05) is 32.1 Å². The molecule has 4 rings (SSSR count). The van der Waals surface area contributed by atoms with Crippen LogP contribution in [0.25, 0.3) is 10.9 Å². The fourth-order valence-electron chi connectivity index (χ4n) is 4.92. The lowest BCUT2D eigenvalue weighted by molar-refractivity contribution is -0.152. The van der Waals surface area contributed by atoms with Crippen molar-refractivity contribution in [2.45, 2.75) is 46.1 Å². The van der Waals surface area contributed by atoms with E-state index in [1.807, 2.05) is 12.0 Å². The number of anilines is 1. The van der Waals surface area contributed by atoms with Crippen LogP contribution >= 0.6 is 0 Å². The minimum atomic E-state index is -1.21. The van der Waals surface area contributed by atoms with Crippen LogP contribution in [0.5, 0.6) is 5.75 Å². The van der Waals surface area contributed by atoms with E-state index in [4.69, 9.17) is 9.47 Å². The van der Waals surface area contributed by atoms with Gasteiger partial charge in [0.15, 0.2) is 0 Å². The number of carbonyl (C=O) groups is 2. The summed E-state index contributed by atoms with van der Waals surface area (Å²) in [4.78, 5) is 43.2. The number of nitrogens with zero attached hydrogens (tertiary/aromatic N) is 2. The number of carboxylic acid groups (broad SMARTS) is 1. The topological polar surface area (TPSA) is 106 Å². The first kappa shape index (κ1) is 30.2. The Hall–Kier alpha value is -4.75. The maximum absolute atomic E-state index is 13.8. The second-order valence-corrected chi connectivity index (χ2v) is 10.2. The Labute approximate surface area is 243 Å². The highest BCUT2D eigenvalue weighted by Crippen LogP contribution is 2.34. The number of methoxy groups -OCH3 is 1. The van der Waals surface area contributed by atoms with Crippen molar-refractivity contribution >= 4 is 34.4 Å². The molecule has 1 amide bonds. The van der Waals surface area contributed by atoms with Crippen molar-refractivity contribution in [2.24, 2.45) is 5.41 Å². The van der Waals surface area contributed by atoms with Crippen molar-refractivity contribution in [3.8, 4) is 5.75 Å². The van der Waals surface area contributed by atoms with E-state index in [-0.39, 0.29) is 37.7 Å². The highest BCUT2D eigenvalue weighted by Gasteiger charge is 2.39. The number of carboxylic acids is 1. The quantitative estimate of drug-likeness (QED) is 0.258. The first-order valence-electron chi connectivity index (χ1n) is 13.7. The summed E-state index contributed by atoms with van der Waals surface area (Å²) in [6.07, 6.45) is 3.98. The normalized spacial score (nSPS) is 13.2. The first-order chi connectivity index (χ1) is 20.2. The predicted octanol–water partition coefficient (Wildman–Crippen LogP) is 6.19. The lowest BCUT2D eigenvalue weighted by Gasteiger charge is -2.31. The largest absolute Gasteiger partial charge is 0.500 e. The number of amides is 1. The van der Waals surface area contributed by atoms with Crippen molar-refractivity contribution in [1.29, 1.82) is 0 Å².